The molecule has 0 bridgehead atoms. The summed E-state index contributed by atoms with van der Waals surface area (Å²) in [7, 11) is 1.72. The molecule has 72 valence electrons. The number of anilines is 1. The zero-order valence-corrected chi connectivity index (χ0v) is 7.35. The third kappa shape index (κ3) is 3.38. The van der Waals surface area contributed by atoms with E-state index in [-0.39, 0.29) is 6.42 Å². The molecule has 0 aliphatic carbocycles. The van der Waals surface area contributed by atoms with Crippen LogP contribution in [0.25, 0.3) is 0 Å². The molecular weight excluding hydrogens is 174 g/mol. The van der Waals surface area contributed by atoms with Crippen LogP contribution in [0.2, 0.25) is 0 Å². The summed E-state index contributed by atoms with van der Waals surface area (Å²) in [5.74, 6) is 0. The first-order chi connectivity index (χ1) is 6.22. The van der Waals surface area contributed by atoms with E-state index in [9.17, 15) is 8.78 Å². The van der Waals surface area contributed by atoms with E-state index in [1.807, 2.05) is 6.07 Å². The lowest BCUT2D eigenvalue weighted by Crippen LogP contribution is -2.15. The first-order valence-corrected chi connectivity index (χ1v) is 4.02. The second-order valence-electron chi connectivity index (χ2n) is 2.67. The van der Waals surface area contributed by atoms with E-state index in [1.165, 1.54) is 0 Å². The van der Waals surface area contributed by atoms with Crippen molar-refractivity contribution in [2.75, 3.05) is 12.5 Å². The van der Waals surface area contributed by atoms with Crippen LogP contribution in [0.15, 0.2) is 24.3 Å². The molecule has 0 saturated carbocycles. The van der Waals surface area contributed by atoms with Gasteiger partial charge in [-0.2, -0.15) is 0 Å². The Morgan fingerprint density at radius 2 is 2.15 bits per heavy atom. The van der Waals surface area contributed by atoms with Crippen molar-refractivity contribution < 1.29 is 8.78 Å². The van der Waals surface area contributed by atoms with E-state index >= 15 is 0 Å². The van der Waals surface area contributed by atoms with Crippen molar-refractivity contribution in [2.45, 2.75) is 12.8 Å². The summed E-state index contributed by atoms with van der Waals surface area (Å²) in [4.78, 5) is 0. The van der Waals surface area contributed by atoms with Crippen LogP contribution in [0.5, 0.6) is 0 Å². The summed E-state index contributed by atoms with van der Waals surface area (Å²) in [5, 5.41) is 0. The molecule has 0 aliphatic heterocycles. The summed E-state index contributed by atoms with van der Waals surface area (Å²) < 4.78 is 24.0. The van der Waals surface area contributed by atoms with Crippen molar-refractivity contribution in [3.8, 4) is 0 Å². The SMILES string of the molecule is CNNc1cccc(CC(F)F)c1. The number of rotatable bonds is 4. The van der Waals surface area contributed by atoms with Crippen LogP contribution in [-0.4, -0.2) is 13.5 Å². The number of hydrogen-bond acceptors (Lipinski definition) is 2. The zero-order chi connectivity index (χ0) is 9.68. The fraction of sp³-hybridized carbons (Fsp3) is 0.333. The lowest BCUT2D eigenvalue weighted by Gasteiger charge is -2.06. The maximum Gasteiger partial charge on any atom is 0.242 e. The van der Waals surface area contributed by atoms with E-state index in [2.05, 4.69) is 10.9 Å². The van der Waals surface area contributed by atoms with Crippen molar-refractivity contribution >= 4 is 5.69 Å². The predicted octanol–water partition coefficient (Wildman–Crippen LogP) is 2.04. The van der Waals surface area contributed by atoms with Crippen LogP contribution in [0, 0.1) is 0 Å². The van der Waals surface area contributed by atoms with Crippen LogP contribution in [0.1, 0.15) is 5.56 Å². The van der Waals surface area contributed by atoms with Crippen molar-refractivity contribution in [3.63, 3.8) is 0 Å². The normalized spacial score (nSPS) is 10.5. The summed E-state index contributed by atoms with van der Waals surface area (Å²) >= 11 is 0. The lowest BCUT2D eigenvalue weighted by atomic mass is 10.1. The molecule has 0 fully saturated rings. The molecule has 0 aliphatic rings. The van der Waals surface area contributed by atoms with Crippen LogP contribution >= 0.6 is 0 Å². The highest BCUT2D eigenvalue weighted by atomic mass is 19.3. The molecule has 0 radical (unpaired) electrons. The van der Waals surface area contributed by atoms with E-state index in [0.29, 0.717) is 5.56 Å². The highest BCUT2D eigenvalue weighted by Crippen LogP contribution is 2.12. The molecule has 0 spiro atoms. The van der Waals surface area contributed by atoms with Gasteiger partial charge in [0.15, 0.2) is 0 Å². The third-order valence-corrected chi connectivity index (χ3v) is 1.59. The molecule has 0 unspecified atom stereocenters. The quantitative estimate of drug-likeness (QED) is 0.703. The standard InChI is InChI=1S/C9H12F2N2/c1-12-13-8-4-2-3-7(5-8)6-9(10)11/h2-5,9,12-13H,6H2,1H3. The summed E-state index contributed by atoms with van der Waals surface area (Å²) in [6.07, 6.45) is -2.48. The number of benzene rings is 1. The van der Waals surface area contributed by atoms with Crippen molar-refractivity contribution in [1.29, 1.82) is 0 Å². The molecule has 2 nitrogen and oxygen atoms in total. The molecule has 1 aromatic carbocycles. The van der Waals surface area contributed by atoms with E-state index in [1.54, 1.807) is 25.2 Å². The second kappa shape index (κ2) is 4.77. The monoisotopic (exact) mass is 186 g/mol. The Labute approximate surface area is 75.9 Å². The van der Waals surface area contributed by atoms with Crippen LogP contribution in [0.3, 0.4) is 0 Å². The molecule has 2 N–H and O–H groups in total. The van der Waals surface area contributed by atoms with E-state index < -0.39 is 6.43 Å². The van der Waals surface area contributed by atoms with Gasteiger partial charge in [0.25, 0.3) is 0 Å². The maximum atomic E-state index is 12.0. The van der Waals surface area contributed by atoms with Crippen LogP contribution < -0.4 is 10.9 Å². The summed E-state index contributed by atoms with van der Waals surface area (Å²) in [5.41, 5.74) is 6.98. The highest BCUT2D eigenvalue weighted by Gasteiger charge is 2.04. The molecular formula is C9H12F2N2. The third-order valence-electron chi connectivity index (χ3n) is 1.59. The van der Waals surface area contributed by atoms with Gasteiger partial charge in [-0.1, -0.05) is 12.1 Å². The fourth-order valence-electron chi connectivity index (χ4n) is 1.10. The highest BCUT2D eigenvalue weighted by molar-refractivity contribution is 5.44. The second-order valence-corrected chi connectivity index (χ2v) is 2.67. The van der Waals surface area contributed by atoms with Gasteiger partial charge in [-0.3, -0.25) is 0 Å². The number of alkyl halides is 2. The minimum atomic E-state index is -2.29. The Morgan fingerprint density at radius 3 is 2.77 bits per heavy atom. The average Bonchev–Trinajstić information content (AvgIpc) is 2.04. The van der Waals surface area contributed by atoms with Gasteiger partial charge >= 0.3 is 0 Å². The van der Waals surface area contributed by atoms with Crippen LogP contribution in [0.4, 0.5) is 14.5 Å². The van der Waals surface area contributed by atoms with Gasteiger partial charge < -0.3 is 5.43 Å². The molecule has 0 atom stereocenters. The van der Waals surface area contributed by atoms with Crippen molar-refractivity contribution in [2.24, 2.45) is 0 Å². The minimum absolute atomic E-state index is 0.195. The molecule has 0 saturated heterocycles. The largest absolute Gasteiger partial charge is 0.322 e. The average molecular weight is 186 g/mol. The summed E-state index contributed by atoms with van der Waals surface area (Å²) in [6.45, 7) is 0. The Balaban J connectivity index is 2.67. The van der Waals surface area contributed by atoms with Crippen molar-refractivity contribution in [3.05, 3.63) is 29.8 Å². The summed E-state index contributed by atoms with van der Waals surface area (Å²) in [6, 6.07) is 6.94. The maximum absolute atomic E-state index is 12.0. The molecule has 1 aromatic rings. The van der Waals surface area contributed by atoms with Crippen LogP contribution in [-0.2, 0) is 6.42 Å². The Hall–Kier alpha value is -1.16. The lowest BCUT2D eigenvalue weighted by molar-refractivity contribution is 0.149. The number of nitrogens with one attached hydrogen (secondary N) is 2. The fourth-order valence-corrected chi connectivity index (χ4v) is 1.10. The van der Waals surface area contributed by atoms with Gasteiger partial charge in [-0.05, 0) is 17.7 Å². The molecule has 0 aromatic heterocycles. The Kier molecular flexibility index (Phi) is 3.64. The molecule has 0 heterocycles. The number of hydrazine groups is 1. The van der Waals surface area contributed by atoms with Gasteiger partial charge in [0.1, 0.15) is 0 Å². The minimum Gasteiger partial charge on any atom is -0.322 e. The topological polar surface area (TPSA) is 24.1 Å². The zero-order valence-electron chi connectivity index (χ0n) is 7.35. The Bertz CT molecular complexity index is 264. The van der Waals surface area contributed by atoms with E-state index in [0.717, 1.165) is 5.69 Å². The van der Waals surface area contributed by atoms with Gasteiger partial charge in [-0.15, -0.1) is 0 Å². The molecule has 13 heavy (non-hydrogen) atoms. The van der Waals surface area contributed by atoms with E-state index in [4.69, 9.17) is 0 Å². The van der Waals surface area contributed by atoms with Gasteiger partial charge in [0.2, 0.25) is 6.43 Å². The molecule has 1 rings (SSSR count). The predicted molar refractivity (Wildman–Crippen MR) is 48.8 cm³/mol. The molecule has 0 amide bonds. The number of halogens is 2. The Morgan fingerprint density at radius 1 is 1.38 bits per heavy atom. The van der Waals surface area contributed by atoms with Gasteiger partial charge in [-0.25, -0.2) is 14.2 Å². The first kappa shape index (κ1) is 9.92. The van der Waals surface area contributed by atoms with Gasteiger partial charge in [0, 0.05) is 19.2 Å². The number of hydrogen-bond donors (Lipinski definition) is 2. The van der Waals surface area contributed by atoms with Gasteiger partial charge in [0.05, 0.1) is 0 Å². The smallest absolute Gasteiger partial charge is 0.242 e. The first-order valence-electron chi connectivity index (χ1n) is 4.02. The molecule has 4 heteroatoms. The van der Waals surface area contributed by atoms with Crippen molar-refractivity contribution in [1.82, 2.24) is 5.43 Å².